The van der Waals surface area contributed by atoms with E-state index < -0.39 is 0 Å². The number of nitrogens with zero attached hydrogens (tertiary/aromatic N) is 2. The van der Waals surface area contributed by atoms with Crippen molar-refractivity contribution in [2.45, 2.75) is 25.3 Å². The molecule has 2 aromatic rings. The Labute approximate surface area is 149 Å². The average Bonchev–Trinajstić information content (AvgIpc) is 3.09. The Hall–Kier alpha value is -2.17. The van der Waals surface area contributed by atoms with Gasteiger partial charge >= 0.3 is 0 Å². The Morgan fingerprint density at radius 2 is 1.88 bits per heavy atom. The van der Waals surface area contributed by atoms with Crippen molar-refractivity contribution in [1.82, 2.24) is 4.90 Å². The molecule has 0 aromatic heterocycles. The van der Waals surface area contributed by atoms with Crippen molar-refractivity contribution in [2.24, 2.45) is 0 Å². The predicted octanol–water partition coefficient (Wildman–Crippen LogP) is 3.02. The first-order valence-corrected chi connectivity index (χ1v) is 8.95. The van der Waals surface area contributed by atoms with Gasteiger partial charge in [0.05, 0.1) is 0 Å². The Morgan fingerprint density at radius 1 is 1.16 bits per heavy atom. The second-order valence-corrected chi connectivity index (χ2v) is 6.59. The largest absolute Gasteiger partial charge is 0.396 e. The molecule has 1 aliphatic heterocycles. The van der Waals surface area contributed by atoms with E-state index in [1.807, 2.05) is 48.3 Å². The van der Waals surface area contributed by atoms with Gasteiger partial charge < -0.3 is 10.0 Å². The van der Waals surface area contributed by atoms with Crippen LogP contribution in [-0.2, 0) is 11.2 Å². The minimum absolute atomic E-state index is 0.130. The van der Waals surface area contributed by atoms with E-state index in [-0.39, 0.29) is 18.6 Å². The predicted molar refractivity (Wildman–Crippen MR) is 101 cm³/mol. The summed E-state index contributed by atoms with van der Waals surface area (Å²) in [4.78, 5) is 16.8. The number of anilines is 1. The fraction of sp³-hybridized carbons (Fsp3) is 0.381. The van der Waals surface area contributed by atoms with Crippen LogP contribution in [0.3, 0.4) is 0 Å². The molecule has 1 heterocycles. The Balaban J connectivity index is 1.61. The zero-order valence-corrected chi connectivity index (χ0v) is 14.8. The van der Waals surface area contributed by atoms with E-state index in [0.29, 0.717) is 19.4 Å². The maximum absolute atomic E-state index is 12.7. The summed E-state index contributed by atoms with van der Waals surface area (Å²) in [6.45, 7) is 1.59. The van der Waals surface area contributed by atoms with Crippen molar-refractivity contribution in [3.05, 3.63) is 65.7 Å². The summed E-state index contributed by atoms with van der Waals surface area (Å²) in [6, 6.07) is 18.5. The number of aliphatic hydroxyl groups excluding tert-OH is 1. The lowest BCUT2D eigenvalue weighted by molar-refractivity contribution is -0.118. The smallest absolute Gasteiger partial charge is 0.228 e. The van der Waals surface area contributed by atoms with Gasteiger partial charge in [-0.05, 0) is 37.1 Å². The van der Waals surface area contributed by atoms with Crippen molar-refractivity contribution in [2.75, 3.05) is 31.6 Å². The molecule has 0 spiro atoms. The summed E-state index contributed by atoms with van der Waals surface area (Å²) >= 11 is 0. The third-order valence-corrected chi connectivity index (χ3v) is 4.99. The van der Waals surface area contributed by atoms with Crippen molar-refractivity contribution >= 4 is 11.6 Å². The lowest BCUT2D eigenvalue weighted by Gasteiger charge is -2.28. The number of para-hydroxylation sites is 1. The summed E-state index contributed by atoms with van der Waals surface area (Å²) in [7, 11) is 2.03. The van der Waals surface area contributed by atoms with Gasteiger partial charge in [-0.2, -0.15) is 0 Å². The molecule has 0 saturated carbocycles. The van der Waals surface area contributed by atoms with E-state index in [4.69, 9.17) is 0 Å². The van der Waals surface area contributed by atoms with E-state index >= 15 is 0 Å². The quantitative estimate of drug-likeness (QED) is 0.844. The Morgan fingerprint density at radius 3 is 2.64 bits per heavy atom. The fourth-order valence-electron chi connectivity index (χ4n) is 3.60. The molecule has 3 rings (SSSR count). The van der Waals surface area contributed by atoms with Crippen LogP contribution in [-0.4, -0.2) is 42.7 Å². The summed E-state index contributed by atoms with van der Waals surface area (Å²) in [5.74, 6) is 0.174. The highest BCUT2D eigenvalue weighted by Gasteiger charge is 2.25. The molecule has 0 fully saturated rings. The molecular formula is C21H26N2O2. The van der Waals surface area contributed by atoms with Crippen LogP contribution < -0.4 is 4.90 Å². The summed E-state index contributed by atoms with van der Waals surface area (Å²) in [5.41, 5.74) is 3.50. The van der Waals surface area contributed by atoms with Crippen molar-refractivity contribution in [3.63, 3.8) is 0 Å². The number of fused-ring (bicyclic) bond motifs is 1. The molecule has 1 amide bonds. The molecule has 0 aliphatic carbocycles. The summed E-state index contributed by atoms with van der Waals surface area (Å²) in [6.07, 6.45) is 2.09. The van der Waals surface area contributed by atoms with Crippen molar-refractivity contribution < 1.29 is 9.90 Å². The lowest BCUT2D eigenvalue weighted by atomic mass is 10.0. The normalized spacial score (nSPS) is 14.6. The fourth-order valence-corrected chi connectivity index (χ4v) is 3.60. The first-order chi connectivity index (χ1) is 12.2. The average molecular weight is 338 g/mol. The molecular weight excluding hydrogens is 312 g/mol. The van der Waals surface area contributed by atoms with Crippen molar-refractivity contribution in [1.29, 1.82) is 0 Å². The van der Waals surface area contributed by atoms with Crippen LogP contribution in [0.2, 0.25) is 0 Å². The molecule has 1 unspecified atom stereocenters. The molecule has 0 bridgehead atoms. The van der Waals surface area contributed by atoms with Crippen LogP contribution >= 0.6 is 0 Å². The number of rotatable bonds is 7. The van der Waals surface area contributed by atoms with Gasteiger partial charge in [0, 0.05) is 37.8 Å². The molecule has 25 heavy (non-hydrogen) atoms. The molecule has 132 valence electrons. The molecule has 4 nitrogen and oxygen atoms in total. The zero-order valence-electron chi connectivity index (χ0n) is 14.8. The minimum atomic E-state index is 0.130. The second-order valence-electron chi connectivity index (χ2n) is 6.59. The number of carbonyl (C=O) groups is 1. The molecule has 2 aromatic carbocycles. The molecule has 1 N–H and O–H groups in total. The van der Waals surface area contributed by atoms with Crippen LogP contribution in [0.5, 0.6) is 0 Å². The van der Waals surface area contributed by atoms with Gasteiger partial charge in [-0.3, -0.25) is 9.69 Å². The minimum Gasteiger partial charge on any atom is -0.396 e. The zero-order chi connectivity index (χ0) is 17.6. The molecule has 4 heteroatoms. The standard InChI is InChI=1S/C21H26N2O2/c1-22(19(13-16-24)17-7-3-2-4-8-17)14-12-21(25)23-15-11-18-9-5-6-10-20(18)23/h2-10,19,24H,11-16H2,1H3. The van der Waals surface area contributed by atoms with E-state index in [1.165, 1.54) is 11.1 Å². The van der Waals surface area contributed by atoms with E-state index in [9.17, 15) is 9.90 Å². The van der Waals surface area contributed by atoms with Crippen LogP contribution in [0.25, 0.3) is 0 Å². The van der Waals surface area contributed by atoms with Gasteiger partial charge in [-0.25, -0.2) is 0 Å². The molecule has 0 radical (unpaired) electrons. The molecule has 1 atom stereocenters. The van der Waals surface area contributed by atoms with Crippen LogP contribution in [0.15, 0.2) is 54.6 Å². The second kappa shape index (κ2) is 8.28. The van der Waals surface area contributed by atoms with E-state index in [1.54, 1.807) is 0 Å². The molecule has 1 aliphatic rings. The topological polar surface area (TPSA) is 43.8 Å². The van der Waals surface area contributed by atoms with E-state index in [2.05, 4.69) is 23.1 Å². The number of carbonyl (C=O) groups excluding carboxylic acids is 1. The maximum Gasteiger partial charge on any atom is 0.228 e. The van der Waals surface area contributed by atoms with Gasteiger partial charge in [-0.1, -0.05) is 48.5 Å². The third-order valence-electron chi connectivity index (χ3n) is 4.99. The van der Waals surface area contributed by atoms with Gasteiger partial charge in [0.25, 0.3) is 0 Å². The van der Waals surface area contributed by atoms with Gasteiger partial charge in [0.1, 0.15) is 0 Å². The van der Waals surface area contributed by atoms with Crippen LogP contribution in [0.1, 0.15) is 30.0 Å². The number of amides is 1. The number of hydrogen-bond donors (Lipinski definition) is 1. The van der Waals surface area contributed by atoms with Crippen molar-refractivity contribution in [3.8, 4) is 0 Å². The Bertz CT molecular complexity index is 702. The van der Waals surface area contributed by atoms with Gasteiger partial charge in [-0.15, -0.1) is 0 Å². The molecule has 0 saturated heterocycles. The van der Waals surface area contributed by atoms with Gasteiger partial charge in [0.15, 0.2) is 0 Å². The van der Waals surface area contributed by atoms with E-state index in [0.717, 1.165) is 18.7 Å². The lowest BCUT2D eigenvalue weighted by Crippen LogP contribution is -2.34. The summed E-state index contributed by atoms with van der Waals surface area (Å²) < 4.78 is 0. The number of hydrogen-bond acceptors (Lipinski definition) is 3. The van der Waals surface area contributed by atoms with Gasteiger partial charge in [0.2, 0.25) is 5.91 Å². The highest BCUT2D eigenvalue weighted by molar-refractivity contribution is 5.95. The maximum atomic E-state index is 12.7. The highest BCUT2D eigenvalue weighted by Crippen LogP contribution is 2.28. The number of aliphatic hydroxyl groups is 1. The van der Waals surface area contributed by atoms with Crippen LogP contribution in [0.4, 0.5) is 5.69 Å². The highest BCUT2D eigenvalue weighted by atomic mass is 16.3. The summed E-state index contributed by atoms with van der Waals surface area (Å²) in [5, 5.41) is 9.40. The first-order valence-electron chi connectivity index (χ1n) is 8.95. The Kier molecular flexibility index (Phi) is 5.84. The first kappa shape index (κ1) is 17.6. The number of benzene rings is 2. The van der Waals surface area contributed by atoms with Crippen LogP contribution in [0, 0.1) is 0 Å². The monoisotopic (exact) mass is 338 g/mol. The SMILES string of the molecule is CN(CCC(=O)N1CCc2ccccc21)C(CCO)c1ccccc1. The third kappa shape index (κ3) is 4.09.